The molecule has 0 atom stereocenters. The van der Waals surface area contributed by atoms with Gasteiger partial charge in [0.15, 0.2) is 5.82 Å². The molecule has 144 valence electrons. The van der Waals surface area contributed by atoms with Gasteiger partial charge in [-0.25, -0.2) is 0 Å². The zero-order chi connectivity index (χ0) is 20.3. The largest absolute Gasteiger partial charge is 0.460 e. The fraction of sp³-hybridized carbons (Fsp3) is 0.250. The monoisotopic (exact) mass is 380 g/mol. The summed E-state index contributed by atoms with van der Waals surface area (Å²) in [6.45, 7) is 5.74. The average Bonchev–Trinajstić information content (AvgIpc) is 3.10. The van der Waals surface area contributed by atoms with E-state index in [9.17, 15) is 14.9 Å². The molecular formula is C20H20N4O4. The van der Waals surface area contributed by atoms with Gasteiger partial charge < -0.3 is 4.74 Å². The van der Waals surface area contributed by atoms with Crippen molar-refractivity contribution >= 4 is 11.6 Å². The highest BCUT2D eigenvalue weighted by Crippen LogP contribution is 2.23. The molecule has 8 nitrogen and oxygen atoms in total. The van der Waals surface area contributed by atoms with Gasteiger partial charge in [-0.15, -0.1) is 5.10 Å². The van der Waals surface area contributed by atoms with E-state index in [1.165, 1.54) is 28.9 Å². The number of hydrogen-bond acceptors (Lipinski definition) is 6. The number of aryl methyl sites for hydroxylation is 1. The van der Waals surface area contributed by atoms with E-state index in [0.717, 1.165) is 17.5 Å². The summed E-state index contributed by atoms with van der Waals surface area (Å²) in [6.07, 6.45) is 0.747. The Morgan fingerprint density at radius 3 is 2.32 bits per heavy atom. The summed E-state index contributed by atoms with van der Waals surface area (Å²) in [5, 5.41) is 15.0. The third-order valence-corrected chi connectivity index (χ3v) is 4.07. The predicted octanol–water partition coefficient (Wildman–Crippen LogP) is 3.89. The van der Waals surface area contributed by atoms with Crippen molar-refractivity contribution in [1.82, 2.24) is 14.8 Å². The molecule has 8 heteroatoms. The van der Waals surface area contributed by atoms with Crippen molar-refractivity contribution in [3.63, 3.8) is 0 Å². The SMILES string of the molecule is CCc1ccc(-c2nc(OC(C)C)nn2C(=O)c2ccc([N+](=O)[O-])cc2)cc1. The number of carbonyl (C=O) groups is 1. The Morgan fingerprint density at radius 2 is 1.79 bits per heavy atom. The molecule has 3 aromatic rings. The Labute approximate surface area is 161 Å². The maximum atomic E-state index is 13.0. The Kier molecular flexibility index (Phi) is 5.49. The molecule has 0 fully saturated rings. The van der Waals surface area contributed by atoms with Crippen LogP contribution in [-0.4, -0.2) is 31.7 Å². The number of ether oxygens (including phenoxy) is 1. The molecule has 0 aliphatic heterocycles. The molecule has 0 spiro atoms. The topological polar surface area (TPSA) is 100 Å². The Hall–Kier alpha value is -3.55. The zero-order valence-corrected chi connectivity index (χ0v) is 15.8. The second kappa shape index (κ2) is 7.99. The number of rotatable bonds is 6. The van der Waals surface area contributed by atoms with Gasteiger partial charge in [0, 0.05) is 23.3 Å². The fourth-order valence-electron chi connectivity index (χ4n) is 2.62. The quantitative estimate of drug-likeness (QED) is 0.475. The van der Waals surface area contributed by atoms with Gasteiger partial charge in [0.25, 0.3) is 11.6 Å². The lowest BCUT2D eigenvalue weighted by molar-refractivity contribution is -0.384. The first kappa shape index (κ1) is 19.2. The summed E-state index contributed by atoms with van der Waals surface area (Å²) in [7, 11) is 0. The minimum absolute atomic E-state index is 0.0886. The van der Waals surface area contributed by atoms with E-state index in [1.54, 1.807) is 0 Å². The van der Waals surface area contributed by atoms with Gasteiger partial charge in [0.05, 0.1) is 11.0 Å². The normalized spacial score (nSPS) is 10.9. The summed E-state index contributed by atoms with van der Waals surface area (Å²) < 4.78 is 6.72. The number of carbonyl (C=O) groups excluding carboxylic acids is 1. The average molecular weight is 380 g/mol. The molecule has 1 aromatic heterocycles. The first-order valence-corrected chi connectivity index (χ1v) is 8.91. The molecule has 0 aliphatic rings. The molecule has 0 N–H and O–H groups in total. The van der Waals surface area contributed by atoms with Crippen LogP contribution in [0.2, 0.25) is 0 Å². The Morgan fingerprint density at radius 1 is 1.14 bits per heavy atom. The number of non-ortho nitro benzene ring substituents is 1. The van der Waals surface area contributed by atoms with Crippen molar-refractivity contribution in [2.24, 2.45) is 0 Å². The van der Waals surface area contributed by atoms with Crippen LogP contribution in [0.5, 0.6) is 6.01 Å². The second-order valence-corrected chi connectivity index (χ2v) is 6.46. The van der Waals surface area contributed by atoms with Gasteiger partial charge in [0.2, 0.25) is 0 Å². The number of nitro benzene ring substituents is 1. The van der Waals surface area contributed by atoms with Crippen LogP contribution in [0.1, 0.15) is 36.7 Å². The minimum Gasteiger partial charge on any atom is -0.460 e. The van der Waals surface area contributed by atoms with Gasteiger partial charge >= 0.3 is 6.01 Å². The smallest absolute Gasteiger partial charge is 0.336 e. The van der Waals surface area contributed by atoms with Crippen molar-refractivity contribution < 1.29 is 14.5 Å². The molecule has 2 aromatic carbocycles. The molecule has 0 radical (unpaired) electrons. The van der Waals surface area contributed by atoms with E-state index in [1.807, 2.05) is 38.1 Å². The Balaban J connectivity index is 2.03. The van der Waals surface area contributed by atoms with Crippen LogP contribution in [0.4, 0.5) is 5.69 Å². The van der Waals surface area contributed by atoms with Crippen LogP contribution >= 0.6 is 0 Å². The van der Waals surface area contributed by atoms with Gasteiger partial charge in [0.1, 0.15) is 0 Å². The number of aromatic nitrogens is 3. The lowest BCUT2D eigenvalue weighted by atomic mass is 10.1. The number of hydrogen-bond donors (Lipinski definition) is 0. The first-order valence-electron chi connectivity index (χ1n) is 8.91. The predicted molar refractivity (Wildman–Crippen MR) is 103 cm³/mol. The lowest BCUT2D eigenvalue weighted by Gasteiger charge is -2.05. The highest BCUT2D eigenvalue weighted by atomic mass is 16.6. The molecule has 0 saturated carbocycles. The van der Waals surface area contributed by atoms with Crippen LogP contribution in [-0.2, 0) is 6.42 Å². The van der Waals surface area contributed by atoms with Crippen molar-refractivity contribution in [2.75, 3.05) is 0 Å². The van der Waals surface area contributed by atoms with E-state index in [2.05, 4.69) is 17.0 Å². The summed E-state index contributed by atoms with van der Waals surface area (Å²) in [5.41, 5.74) is 2.06. The third-order valence-electron chi connectivity index (χ3n) is 4.07. The van der Waals surface area contributed by atoms with E-state index >= 15 is 0 Å². The molecule has 3 rings (SSSR count). The molecule has 0 bridgehead atoms. The van der Waals surface area contributed by atoms with E-state index in [4.69, 9.17) is 4.74 Å². The van der Waals surface area contributed by atoms with Gasteiger partial charge in [-0.05, 0) is 38.0 Å². The molecule has 0 amide bonds. The van der Waals surface area contributed by atoms with Crippen LogP contribution in [0.3, 0.4) is 0 Å². The van der Waals surface area contributed by atoms with E-state index in [0.29, 0.717) is 5.82 Å². The Bertz CT molecular complexity index is 992. The standard InChI is InChI=1S/C20H20N4O4/c1-4-14-5-7-15(8-6-14)18-21-20(28-13(2)3)22-23(18)19(25)16-9-11-17(12-10-16)24(26)27/h5-13H,4H2,1-3H3. The number of benzene rings is 2. The second-order valence-electron chi connectivity index (χ2n) is 6.46. The lowest BCUT2D eigenvalue weighted by Crippen LogP contribution is -2.15. The van der Waals surface area contributed by atoms with Crippen LogP contribution in [0.25, 0.3) is 11.4 Å². The van der Waals surface area contributed by atoms with Crippen molar-refractivity contribution in [2.45, 2.75) is 33.3 Å². The number of nitrogens with zero attached hydrogens (tertiary/aromatic N) is 4. The third kappa shape index (κ3) is 4.06. The molecule has 0 unspecified atom stereocenters. The van der Waals surface area contributed by atoms with Crippen LogP contribution in [0, 0.1) is 10.1 Å². The zero-order valence-electron chi connectivity index (χ0n) is 15.8. The fourth-order valence-corrected chi connectivity index (χ4v) is 2.62. The number of nitro groups is 1. The van der Waals surface area contributed by atoms with Crippen LogP contribution in [0.15, 0.2) is 48.5 Å². The maximum absolute atomic E-state index is 13.0. The highest BCUT2D eigenvalue weighted by molar-refractivity contribution is 5.97. The summed E-state index contributed by atoms with van der Waals surface area (Å²) in [4.78, 5) is 27.7. The first-order chi connectivity index (χ1) is 13.4. The van der Waals surface area contributed by atoms with E-state index in [-0.39, 0.29) is 23.4 Å². The molecule has 1 heterocycles. The molecular weight excluding hydrogens is 360 g/mol. The van der Waals surface area contributed by atoms with E-state index < -0.39 is 10.8 Å². The van der Waals surface area contributed by atoms with Gasteiger partial charge in [-0.3, -0.25) is 14.9 Å². The molecule has 28 heavy (non-hydrogen) atoms. The van der Waals surface area contributed by atoms with Crippen molar-refractivity contribution in [3.8, 4) is 17.4 Å². The maximum Gasteiger partial charge on any atom is 0.336 e. The summed E-state index contributed by atoms with van der Waals surface area (Å²) >= 11 is 0. The van der Waals surface area contributed by atoms with Gasteiger partial charge in [-0.2, -0.15) is 9.67 Å². The van der Waals surface area contributed by atoms with Gasteiger partial charge in [-0.1, -0.05) is 31.2 Å². The minimum atomic E-state index is -0.515. The molecule has 0 saturated heterocycles. The van der Waals surface area contributed by atoms with Crippen LogP contribution < -0.4 is 4.74 Å². The van der Waals surface area contributed by atoms with Crippen molar-refractivity contribution in [3.05, 3.63) is 69.8 Å². The summed E-state index contributed by atoms with van der Waals surface area (Å²) in [5.74, 6) is -0.0998. The molecule has 0 aliphatic carbocycles. The van der Waals surface area contributed by atoms with Crippen molar-refractivity contribution in [1.29, 1.82) is 0 Å². The summed E-state index contributed by atoms with van der Waals surface area (Å²) in [6, 6.07) is 13.1. The highest BCUT2D eigenvalue weighted by Gasteiger charge is 2.21.